The standard InChI is InChI=1S/C24H27F4N3O4/c25-18-7-4-16(5-8-18)22-17(15-29-35-22)6-9-20(32)31-13-10-19(30-11-2-1-3-12-30)14-21(31)34-23(33)24(26,27)28/h4-5,7-8,15,19,21H,1-3,6,9-14H2. The van der Waals surface area contributed by atoms with Crippen LogP contribution in [0.4, 0.5) is 17.6 Å². The van der Waals surface area contributed by atoms with E-state index in [1.807, 2.05) is 0 Å². The van der Waals surface area contributed by atoms with Gasteiger partial charge in [0.25, 0.3) is 0 Å². The molecule has 0 spiro atoms. The first-order valence-corrected chi connectivity index (χ1v) is 11.7. The van der Waals surface area contributed by atoms with Crippen LogP contribution in [0.2, 0.25) is 0 Å². The monoisotopic (exact) mass is 497 g/mol. The van der Waals surface area contributed by atoms with Crippen molar-refractivity contribution >= 4 is 11.9 Å². The molecule has 2 saturated heterocycles. The summed E-state index contributed by atoms with van der Waals surface area (Å²) >= 11 is 0. The van der Waals surface area contributed by atoms with Gasteiger partial charge in [-0.15, -0.1) is 0 Å². The summed E-state index contributed by atoms with van der Waals surface area (Å²) in [7, 11) is 0. The number of aryl methyl sites for hydroxylation is 1. The van der Waals surface area contributed by atoms with Gasteiger partial charge in [0.2, 0.25) is 5.91 Å². The van der Waals surface area contributed by atoms with Crippen LogP contribution in [0.3, 0.4) is 0 Å². The maximum Gasteiger partial charge on any atom is 0.491 e. The molecule has 2 atom stereocenters. The molecule has 35 heavy (non-hydrogen) atoms. The Bertz CT molecular complexity index is 1020. The number of halogens is 4. The average molecular weight is 497 g/mol. The van der Waals surface area contributed by atoms with E-state index >= 15 is 0 Å². The molecule has 7 nitrogen and oxygen atoms in total. The largest absolute Gasteiger partial charge is 0.491 e. The SMILES string of the molecule is O=C(CCc1cnoc1-c1ccc(F)cc1)N1CCC(N2CCCCC2)CC1OC(=O)C(F)(F)F. The molecule has 11 heteroatoms. The van der Waals surface area contributed by atoms with Gasteiger partial charge in [-0.1, -0.05) is 11.6 Å². The number of amides is 1. The number of hydrogen-bond donors (Lipinski definition) is 0. The van der Waals surface area contributed by atoms with Crippen molar-refractivity contribution in [3.63, 3.8) is 0 Å². The minimum Gasteiger partial charge on any atom is -0.435 e. The van der Waals surface area contributed by atoms with E-state index in [4.69, 9.17) is 9.26 Å². The first kappa shape index (κ1) is 25.2. The van der Waals surface area contributed by atoms with Crippen molar-refractivity contribution in [2.45, 2.75) is 63.4 Å². The van der Waals surface area contributed by atoms with Crippen LogP contribution in [0, 0.1) is 5.82 Å². The summed E-state index contributed by atoms with van der Waals surface area (Å²) in [6.07, 6.45) is -0.913. The fourth-order valence-corrected chi connectivity index (χ4v) is 4.78. The highest BCUT2D eigenvalue weighted by Crippen LogP contribution is 2.29. The van der Waals surface area contributed by atoms with Crippen molar-refractivity contribution < 1.29 is 36.4 Å². The van der Waals surface area contributed by atoms with Gasteiger partial charge in [0.1, 0.15) is 5.82 Å². The molecule has 0 saturated carbocycles. The van der Waals surface area contributed by atoms with Crippen LogP contribution in [0.15, 0.2) is 35.0 Å². The fraction of sp³-hybridized carbons (Fsp3) is 0.542. The summed E-state index contributed by atoms with van der Waals surface area (Å²) in [5.41, 5.74) is 1.20. The summed E-state index contributed by atoms with van der Waals surface area (Å²) in [5.74, 6) is -2.73. The summed E-state index contributed by atoms with van der Waals surface area (Å²) < 4.78 is 62.1. The van der Waals surface area contributed by atoms with Crippen molar-refractivity contribution in [3.05, 3.63) is 41.8 Å². The highest BCUT2D eigenvalue weighted by atomic mass is 19.4. The molecule has 2 aromatic rings. The number of alkyl halides is 3. The molecule has 3 heterocycles. The van der Waals surface area contributed by atoms with Gasteiger partial charge in [-0.2, -0.15) is 13.2 Å². The Labute approximate surface area is 200 Å². The maximum atomic E-state index is 13.2. The third-order valence-corrected chi connectivity index (χ3v) is 6.59. The summed E-state index contributed by atoms with van der Waals surface area (Å²) in [6, 6.07) is 5.56. The van der Waals surface area contributed by atoms with Crippen molar-refractivity contribution in [3.8, 4) is 11.3 Å². The summed E-state index contributed by atoms with van der Waals surface area (Å²) in [5, 5.41) is 3.76. The Morgan fingerprint density at radius 1 is 1.09 bits per heavy atom. The van der Waals surface area contributed by atoms with E-state index in [1.54, 1.807) is 0 Å². The van der Waals surface area contributed by atoms with Gasteiger partial charge in [0, 0.05) is 36.6 Å². The van der Waals surface area contributed by atoms with Crippen molar-refractivity contribution in [1.29, 1.82) is 0 Å². The first-order valence-electron chi connectivity index (χ1n) is 11.7. The van der Waals surface area contributed by atoms with Crippen LogP contribution in [-0.2, 0) is 20.7 Å². The Morgan fingerprint density at radius 3 is 2.49 bits per heavy atom. The zero-order chi connectivity index (χ0) is 25.0. The third-order valence-electron chi connectivity index (χ3n) is 6.59. The minimum atomic E-state index is -5.14. The predicted octanol–water partition coefficient (Wildman–Crippen LogP) is 4.32. The molecule has 2 aliphatic heterocycles. The predicted molar refractivity (Wildman–Crippen MR) is 116 cm³/mol. The van der Waals surface area contributed by atoms with Gasteiger partial charge < -0.3 is 19.1 Å². The molecule has 4 rings (SSSR count). The number of piperidine rings is 2. The molecular formula is C24H27F4N3O4. The normalized spacial score (nSPS) is 21.7. The van der Waals surface area contributed by atoms with E-state index in [0.29, 0.717) is 23.3 Å². The average Bonchev–Trinajstić information content (AvgIpc) is 3.31. The smallest absolute Gasteiger partial charge is 0.435 e. The number of aromatic nitrogens is 1. The maximum absolute atomic E-state index is 13.2. The second kappa shape index (κ2) is 10.8. The van der Waals surface area contributed by atoms with E-state index in [-0.39, 0.29) is 31.8 Å². The Morgan fingerprint density at radius 2 is 1.80 bits per heavy atom. The zero-order valence-electron chi connectivity index (χ0n) is 19.1. The van der Waals surface area contributed by atoms with Gasteiger partial charge in [0.05, 0.1) is 6.20 Å². The second-order valence-electron chi connectivity index (χ2n) is 8.91. The molecule has 2 fully saturated rings. The molecule has 190 valence electrons. The van der Waals surface area contributed by atoms with Gasteiger partial charge in [-0.3, -0.25) is 4.79 Å². The van der Waals surface area contributed by atoms with E-state index < -0.39 is 30.1 Å². The number of rotatable bonds is 6. The lowest BCUT2D eigenvalue weighted by Crippen LogP contribution is -2.55. The van der Waals surface area contributed by atoms with E-state index in [9.17, 15) is 27.2 Å². The van der Waals surface area contributed by atoms with Crippen LogP contribution >= 0.6 is 0 Å². The lowest BCUT2D eigenvalue weighted by atomic mass is 9.97. The van der Waals surface area contributed by atoms with Gasteiger partial charge in [-0.05, 0) is 63.0 Å². The van der Waals surface area contributed by atoms with Gasteiger partial charge >= 0.3 is 12.1 Å². The highest BCUT2D eigenvalue weighted by Gasteiger charge is 2.45. The molecular weight excluding hydrogens is 470 g/mol. The molecule has 1 amide bonds. The van der Waals surface area contributed by atoms with E-state index in [0.717, 1.165) is 32.4 Å². The first-order chi connectivity index (χ1) is 16.7. The van der Waals surface area contributed by atoms with Crippen molar-refractivity contribution in [1.82, 2.24) is 15.0 Å². The summed E-state index contributed by atoms with van der Waals surface area (Å²) in [6.45, 7) is 1.89. The Balaban J connectivity index is 1.43. The zero-order valence-corrected chi connectivity index (χ0v) is 19.1. The summed E-state index contributed by atoms with van der Waals surface area (Å²) in [4.78, 5) is 28.1. The Hall–Kier alpha value is -2.95. The molecule has 0 aliphatic carbocycles. The molecule has 1 aromatic heterocycles. The molecule has 0 N–H and O–H groups in total. The van der Waals surface area contributed by atoms with Crippen LogP contribution < -0.4 is 0 Å². The lowest BCUT2D eigenvalue weighted by Gasteiger charge is -2.44. The van der Waals surface area contributed by atoms with Crippen molar-refractivity contribution in [2.75, 3.05) is 19.6 Å². The number of nitrogens with zero attached hydrogens (tertiary/aromatic N) is 3. The number of likely N-dealkylation sites (tertiary alicyclic amines) is 2. The molecule has 0 radical (unpaired) electrons. The van der Waals surface area contributed by atoms with Gasteiger partial charge in [-0.25, -0.2) is 9.18 Å². The fourth-order valence-electron chi connectivity index (χ4n) is 4.78. The molecule has 2 unspecified atom stereocenters. The van der Waals surface area contributed by atoms with Gasteiger partial charge in [0.15, 0.2) is 12.0 Å². The van der Waals surface area contributed by atoms with Crippen LogP contribution in [-0.4, -0.2) is 64.9 Å². The van der Waals surface area contributed by atoms with E-state index in [1.165, 1.54) is 35.4 Å². The molecule has 1 aromatic carbocycles. The number of carbonyl (C=O) groups is 2. The number of benzene rings is 1. The third kappa shape index (κ3) is 6.19. The quantitative estimate of drug-likeness (QED) is 0.437. The van der Waals surface area contributed by atoms with Crippen molar-refractivity contribution in [2.24, 2.45) is 0 Å². The number of esters is 1. The van der Waals surface area contributed by atoms with Crippen LogP contribution in [0.1, 0.15) is 44.1 Å². The molecule has 2 aliphatic rings. The number of carbonyl (C=O) groups excluding carboxylic acids is 2. The second-order valence-corrected chi connectivity index (χ2v) is 8.91. The number of hydrogen-bond acceptors (Lipinski definition) is 6. The topological polar surface area (TPSA) is 75.9 Å². The lowest BCUT2D eigenvalue weighted by molar-refractivity contribution is -0.216. The van der Waals surface area contributed by atoms with Crippen LogP contribution in [0.25, 0.3) is 11.3 Å². The minimum absolute atomic E-state index is 0.0378. The molecule has 0 bridgehead atoms. The Kier molecular flexibility index (Phi) is 7.73. The number of ether oxygens (including phenoxy) is 1. The highest BCUT2D eigenvalue weighted by molar-refractivity contribution is 5.79. The van der Waals surface area contributed by atoms with Crippen LogP contribution in [0.5, 0.6) is 0 Å². The van der Waals surface area contributed by atoms with E-state index in [2.05, 4.69) is 10.1 Å².